The number of benzene rings is 1. The van der Waals surface area contributed by atoms with Gasteiger partial charge in [0.05, 0.1) is 38.3 Å². The molecule has 2 fully saturated rings. The number of rotatable bonds is 7. The van der Waals surface area contributed by atoms with Crippen molar-refractivity contribution >= 4 is 11.9 Å². The summed E-state index contributed by atoms with van der Waals surface area (Å²) in [5, 5.41) is 12.2. The topological polar surface area (TPSA) is 94.1 Å². The molecule has 0 spiro atoms. The third-order valence-electron chi connectivity index (χ3n) is 5.02. The number of hydrogen-bond acceptors (Lipinski definition) is 5. The lowest BCUT2D eigenvalue weighted by Gasteiger charge is -2.23. The number of fused-ring (bicyclic) bond motifs is 2. The lowest BCUT2D eigenvalue weighted by atomic mass is 9.78. The molecular weight excluding hydrogens is 326 g/mol. The molecule has 2 aliphatic heterocycles. The molecule has 2 heterocycles. The number of nitrogens with one attached hydrogen (secondary N) is 1. The summed E-state index contributed by atoms with van der Waals surface area (Å²) < 4.78 is 16.1. The molecule has 7 heteroatoms. The minimum Gasteiger partial charge on any atom is -0.493 e. The normalized spacial score (nSPS) is 27.1. The van der Waals surface area contributed by atoms with Crippen LogP contribution in [0.15, 0.2) is 18.2 Å². The van der Waals surface area contributed by atoms with E-state index in [-0.39, 0.29) is 18.1 Å². The van der Waals surface area contributed by atoms with E-state index in [1.807, 2.05) is 18.2 Å². The van der Waals surface area contributed by atoms with Gasteiger partial charge < -0.3 is 24.6 Å². The van der Waals surface area contributed by atoms with Gasteiger partial charge in [0, 0.05) is 6.54 Å². The molecule has 7 nitrogen and oxygen atoms in total. The molecule has 1 aromatic rings. The van der Waals surface area contributed by atoms with Gasteiger partial charge in [0.2, 0.25) is 5.91 Å². The van der Waals surface area contributed by atoms with Crippen LogP contribution in [0.25, 0.3) is 0 Å². The van der Waals surface area contributed by atoms with E-state index in [1.165, 1.54) is 0 Å². The number of amides is 1. The van der Waals surface area contributed by atoms with Crippen LogP contribution in [0.3, 0.4) is 0 Å². The van der Waals surface area contributed by atoms with Gasteiger partial charge in [0.1, 0.15) is 0 Å². The van der Waals surface area contributed by atoms with Gasteiger partial charge in [-0.15, -0.1) is 0 Å². The first-order valence-electron chi connectivity index (χ1n) is 8.42. The van der Waals surface area contributed by atoms with Crippen LogP contribution in [0.4, 0.5) is 0 Å². The predicted octanol–water partition coefficient (Wildman–Crippen LogP) is 1.24. The lowest BCUT2D eigenvalue weighted by Crippen LogP contribution is -2.44. The van der Waals surface area contributed by atoms with Crippen LogP contribution < -0.4 is 14.8 Å². The highest BCUT2D eigenvalue weighted by atomic mass is 16.5. The molecule has 136 valence electrons. The van der Waals surface area contributed by atoms with Crippen molar-refractivity contribution in [1.82, 2.24) is 5.32 Å². The first-order chi connectivity index (χ1) is 12.0. The van der Waals surface area contributed by atoms with E-state index in [1.54, 1.807) is 14.2 Å². The second kappa shape index (κ2) is 7.31. The zero-order valence-electron chi connectivity index (χ0n) is 14.4. The minimum atomic E-state index is -0.952. The van der Waals surface area contributed by atoms with Gasteiger partial charge in [-0.3, -0.25) is 9.59 Å². The van der Waals surface area contributed by atoms with Gasteiger partial charge in [-0.05, 0) is 37.0 Å². The third-order valence-corrected chi connectivity index (χ3v) is 5.02. The summed E-state index contributed by atoms with van der Waals surface area (Å²) in [5.74, 6) is -1.23. The highest BCUT2D eigenvalue weighted by Gasteiger charge is 2.55. The fraction of sp³-hybridized carbons (Fsp3) is 0.556. The molecule has 1 amide bonds. The second-order valence-corrected chi connectivity index (χ2v) is 6.41. The van der Waals surface area contributed by atoms with Gasteiger partial charge in [0.15, 0.2) is 11.5 Å². The summed E-state index contributed by atoms with van der Waals surface area (Å²) in [7, 11) is 3.15. The van der Waals surface area contributed by atoms with Crippen molar-refractivity contribution in [3.05, 3.63) is 23.8 Å². The first-order valence-corrected chi connectivity index (χ1v) is 8.42. The van der Waals surface area contributed by atoms with Crippen molar-refractivity contribution in [1.29, 1.82) is 0 Å². The Kier molecular flexibility index (Phi) is 5.13. The number of carbonyl (C=O) groups excluding carboxylic acids is 1. The molecule has 2 N–H and O–H groups in total. The molecule has 0 aliphatic carbocycles. The Balaban J connectivity index is 1.57. The van der Waals surface area contributed by atoms with Gasteiger partial charge in [0.25, 0.3) is 0 Å². The zero-order valence-corrected chi connectivity index (χ0v) is 14.4. The van der Waals surface area contributed by atoms with Crippen LogP contribution >= 0.6 is 0 Å². The Morgan fingerprint density at radius 1 is 1.16 bits per heavy atom. The van der Waals surface area contributed by atoms with Crippen molar-refractivity contribution in [2.24, 2.45) is 11.8 Å². The standard InChI is InChI=1S/C18H23NO6/c1-23-11-4-3-10(9-14(11)24-2)7-8-19-17(20)15-12-5-6-13(25-12)16(15)18(21)22/h3-4,9,12-13,15-16H,5-8H2,1-2H3,(H,19,20)(H,21,22)/t12-,13-,15-,16-/m0/s1. The smallest absolute Gasteiger partial charge is 0.310 e. The molecule has 25 heavy (non-hydrogen) atoms. The number of methoxy groups -OCH3 is 2. The van der Waals surface area contributed by atoms with Crippen LogP contribution in [0.5, 0.6) is 11.5 Å². The molecule has 1 aromatic carbocycles. The van der Waals surface area contributed by atoms with Crippen LogP contribution in [-0.4, -0.2) is 50.0 Å². The number of aliphatic carboxylic acids is 1. The average molecular weight is 349 g/mol. The van der Waals surface area contributed by atoms with Gasteiger partial charge >= 0.3 is 5.97 Å². The number of carboxylic acids is 1. The molecule has 0 unspecified atom stereocenters. The highest BCUT2D eigenvalue weighted by molar-refractivity contribution is 5.86. The number of carboxylic acid groups (broad SMARTS) is 1. The maximum atomic E-state index is 12.5. The Labute approximate surface area is 146 Å². The monoisotopic (exact) mass is 349 g/mol. The first kappa shape index (κ1) is 17.5. The van der Waals surface area contributed by atoms with E-state index in [2.05, 4.69) is 5.32 Å². The van der Waals surface area contributed by atoms with Crippen molar-refractivity contribution < 1.29 is 28.9 Å². The van der Waals surface area contributed by atoms with E-state index in [4.69, 9.17) is 14.2 Å². The molecular formula is C18H23NO6. The molecule has 3 rings (SSSR count). The van der Waals surface area contributed by atoms with E-state index < -0.39 is 17.8 Å². The number of hydrogen-bond donors (Lipinski definition) is 2. The maximum absolute atomic E-state index is 12.5. The van der Waals surface area contributed by atoms with E-state index in [0.29, 0.717) is 24.5 Å². The third kappa shape index (κ3) is 3.42. The lowest BCUT2D eigenvalue weighted by molar-refractivity contribution is -0.147. The SMILES string of the molecule is COc1ccc(CCNC(=O)[C@@H]2[C@@H](C(=O)O)[C@@H]3CC[C@@H]2O3)cc1OC. The van der Waals surface area contributed by atoms with Gasteiger partial charge in [-0.25, -0.2) is 0 Å². The fourth-order valence-corrected chi connectivity index (χ4v) is 3.81. The Morgan fingerprint density at radius 3 is 2.48 bits per heavy atom. The van der Waals surface area contributed by atoms with Crippen LogP contribution in [0, 0.1) is 11.8 Å². The van der Waals surface area contributed by atoms with Crippen molar-refractivity contribution in [2.75, 3.05) is 20.8 Å². The summed E-state index contributed by atoms with van der Waals surface area (Å²) in [6, 6.07) is 5.60. The Hall–Kier alpha value is -2.28. The summed E-state index contributed by atoms with van der Waals surface area (Å²) in [5.41, 5.74) is 0.997. The Bertz CT molecular complexity index is 661. The van der Waals surface area contributed by atoms with E-state index in [0.717, 1.165) is 18.4 Å². The van der Waals surface area contributed by atoms with Crippen molar-refractivity contribution in [2.45, 2.75) is 31.5 Å². The highest BCUT2D eigenvalue weighted by Crippen LogP contribution is 2.43. The second-order valence-electron chi connectivity index (χ2n) is 6.41. The van der Waals surface area contributed by atoms with Crippen LogP contribution in [0.1, 0.15) is 18.4 Å². The summed E-state index contributed by atoms with van der Waals surface area (Å²) in [4.78, 5) is 23.9. The summed E-state index contributed by atoms with van der Waals surface area (Å²) in [6.45, 7) is 0.425. The molecule has 0 radical (unpaired) electrons. The van der Waals surface area contributed by atoms with Crippen LogP contribution in [-0.2, 0) is 20.7 Å². The molecule has 0 saturated carbocycles. The summed E-state index contributed by atoms with van der Waals surface area (Å²) in [6.07, 6.45) is 1.49. The Morgan fingerprint density at radius 2 is 1.84 bits per heavy atom. The van der Waals surface area contributed by atoms with E-state index >= 15 is 0 Å². The molecule has 0 aromatic heterocycles. The quantitative estimate of drug-likeness (QED) is 0.769. The van der Waals surface area contributed by atoms with Crippen molar-refractivity contribution in [3.63, 3.8) is 0 Å². The van der Waals surface area contributed by atoms with E-state index in [9.17, 15) is 14.7 Å². The molecule has 2 aliphatic rings. The molecule has 2 saturated heterocycles. The zero-order chi connectivity index (χ0) is 18.0. The predicted molar refractivity (Wildman–Crippen MR) is 88.8 cm³/mol. The summed E-state index contributed by atoms with van der Waals surface area (Å²) >= 11 is 0. The van der Waals surface area contributed by atoms with Crippen LogP contribution in [0.2, 0.25) is 0 Å². The number of carbonyl (C=O) groups is 2. The maximum Gasteiger partial charge on any atom is 0.310 e. The largest absolute Gasteiger partial charge is 0.493 e. The van der Waals surface area contributed by atoms with Gasteiger partial charge in [-0.1, -0.05) is 6.07 Å². The molecule has 2 bridgehead atoms. The fourth-order valence-electron chi connectivity index (χ4n) is 3.81. The van der Waals surface area contributed by atoms with Gasteiger partial charge in [-0.2, -0.15) is 0 Å². The van der Waals surface area contributed by atoms with Crippen molar-refractivity contribution in [3.8, 4) is 11.5 Å². The average Bonchev–Trinajstić information content (AvgIpc) is 3.22. The molecule has 4 atom stereocenters. The number of ether oxygens (including phenoxy) is 3. The minimum absolute atomic E-state index is 0.236.